The van der Waals surface area contributed by atoms with Crippen LogP contribution in [-0.2, 0) is 6.42 Å². The summed E-state index contributed by atoms with van der Waals surface area (Å²) in [7, 11) is 0. The highest BCUT2D eigenvalue weighted by atomic mass is 16.1. The first kappa shape index (κ1) is 21.3. The molecule has 0 spiro atoms. The largest absolute Gasteiger partial charge is 0.357 e. The van der Waals surface area contributed by atoms with E-state index in [-0.39, 0.29) is 5.91 Å². The number of aryl methyl sites for hydroxylation is 2. The molecule has 0 bridgehead atoms. The molecule has 0 aliphatic heterocycles. The Kier molecular flexibility index (Phi) is 7.01. The lowest BCUT2D eigenvalue weighted by molar-refractivity contribution is 0.102. The molecule has 0 fully saturated rings. The van der Waals surface area contributed by atoms with Crippen molar-refractivity contribution in [3.63, 3.8) is 0 Å². The minimum atomic E-state index is -0.117. The molecule has 1 heterocycles. The van der Waals surface area contributed by atoms with Crippen molar-refractivity contribution < 1.29 is 4.79 Å². The van der Waals surface area contributed by atoms with E-state index in [0.29, 0.717) is 5.56 Å². The Morgan fingerprint density at radius 1 is 0.900 bits per heavy atom. The lowest BCUT2D eigenvalue weighted by atomic mass is 10.1. The van der Waals surface area contributed by atoms with Crippen LogP contribution in [0.5, 0.6) is 0 Å². The number of anilines is 4. The van der Waals surface area contributed by atoms with Gasteiger partial charge in [-0.05, 0) is 69.2 Å². The summed E-state index contributed by atoms with van der Waals surface area (Å²) in [4.78, 5) is 23.6. The second-order valence-corrected chi connectivity index (χ2v) is 7.04. The van der Waals surface area contributed by atoms with E-state index in [1.165, 1.54) is 5.56 Å². The number of carbonyl (C=O) groups is 1. The van der Waals surface area contributed by atoms with Gasteiger partial charge in [0, 0.05) is 36.1 Å². The fourth-order valence-electron chi connectivity index (χ4n) is 3.21. The molecule has 2 aromatic carbocycles. The predicted molar refractivity (Wildman–Crippen MR) is 124 cm³/mol. The second-order valence-electron chi connectivity index (χ2n) is 7.04. The summed E-state index contributed by atoms with van der Waals surface area (Å²) in [6.07, 6.45) is 0.957. The number of amides is 1. The molecule has 3 rings (SSSR count). The average molecular weight is 404 g/mol. The number of carbonyl (C=O) groups excluding carboxylic acids is 1. The zero-order valence-electron chi connectivity index (χ0n) is 18.1. The van der Waals surface area contributed by atoms with Gasteiger partial charge in [-0.2, -0.15) is 0 Å². The lowest BCUT2D eigenvalue weighted by Gasteiger charge is -2.20. The highest BCUT2D eigenvalue weighted by Gasteiger charge is 2.09. The van der Waals surface area contributed by atoms with Gasteiger partial charge in [-0.15, -0.1) is 0 Å². The lowest BCUT2D eigenvalue weighted by Crippen LogP contribution is -2.23. The first-order chi connectivity index (χ1) is 14.5. The third kappa shape index (κ3) is 5.35. The summed E-state index contributed by atoms with van der Waals surface area (Å²) in [6, 6.07) is 17.2. The Labute approximate surface area is 178 Å². The maximum atomic E-state index is 12.4. The van der Waals surface area contributed by atoms with Crippen molar-refractivity contribution in [2.45, 2.75) is 34.1 Å². The zero-order valence-corrected chi connectivity index (χ0v) is 18.1. The van der Waals surface area contributed by atoms with Crippen LogP contribution in [-0.4, -0.2) is 29.0 Å². The number of nitrogens with one attached hydrogen (secondary N) is 2. The molecule has 0 atom stereocenters. The molecule has 6 nitrogen and oxygen atoms in total. The Morgan fingerprint density at radius 3 is 2.13 bits per heavy atom. The molecule has 30 heavy (non-hydrogen) atoms. The van der Waals surface area contributed by atoms with Crippen LogP contribution < -0.4 is 15.5 Å². The summed E-state index contributed by atoms with van der Waals surface area (Å²) in [5.74, 6) is 2.26. The van der Waals surface area contributed by atoms with E-state index < -0.39 is 0 Å². The number of aromatic nitrogens is 2. The van der Waals surface area contributed by atoms with E-state index in [1.807, 2.05) is 61.5 Å². The van der Waals surface area contributed by atoms with Gasteiger partial charge in [0.15, 0.2) is 0 Å². The van der Waals surface area contributed by atoms with E-state index in [1.54, 1.807) is 0 Å². The monoisotopic (exact) mass is 403 g/mol. The summed E-state index contributed by atoms with van der Waals surface area (Å²) in [6.45, 7) is 9.99. The maximum Gasteiger partial charge on any atom is 0.255 e. The average Bonchev–Trinajstić information content (AvgIpc) is 2.75. The number of hydrogen-bond acceptors (Lipinski definition) is 5. The zero-order chi connectivity index (χ0) is 21.5. The number of rotatable bonds is 8. The minimum Gasteiger partial charge on any atom is -0.357 e. The van der Waals surface area contributed by atoms with E-state index in [4.69, 9.17) is 0 Å². The third-order valence-electron chi connectivity index (χ3n) is 4.95. The first-order valence-corrected chi connectivity index (χ1v) is 10.4. The molecule has 0 radical (unpaired) electrons. The van der Waals surface area contributed by atoms with Crippen molar-refractivity contribution in [3.05, 3.63) is 71.5 Å². The summed E-state index contributed by atoms with van der Waals surface area (Å²) >= 11 is 0. The molecule has 1 amide bonds. The number of benzene rings is 2. The van der Waals surface area contributed by atoms with Crippen molar-refractivity contribution in [2.75, 3.05) is 28.6 Å². The molecular weight excluding hydrogens is 374 g/mol. The van der Waals surface area contributed by atoms with Crippen LogP contribution in [0.25, 0.3) is 0 Å². The fourth-order valence-corrected chi connectivity index (χ4v) is 3.21. The molecule has 1 aromatic heterocycles. The molecular formula is C24H29N5O. The van der Waals surface area contributed by atoms with Crippen LogP contribution >= 0.6 is 0 Å². The quantitative estimate of drug-likeness (QED) is 0.542. The van der Waals surface area contributed by atoms with Gasteiger partial charge in [0.2, 0.25) is 0 Å². The van der Waals surface area contributed by atoms with Gasteiger partial charge in [0.05, 0.1) is 0 Å². The number of nitrogens with zero attached hydrogens (tertiary/aromatic N) is 3. The minimum absolute atomic E-state index is 0.117. The van der Waals surface area contributed by atoms with Crippen LogP contribution in [0.1, 0.15) is 42.5 Å². The van der Waals surface area contributed by atoms with Gasteiger partial charge < -0.3 is 15.5 Å². The fraction of sp³-hybridized carbons (Fsp3) is 0.292. The highest BCUT2D eigenvalue weighted by molar-refractivity contribution is 6.04. The maximum absolute atomic E-state index is 12.4. The van der Waals surface area contributed by atoms with E-state index in [9.17, 15) is 4.79 Å². The molecule has 0 aliphatic carbocycles. The topological polar surface area (TPSA) is 70.2 Å². The SMILES string of the molecule is CCc1ccc(C(=O)Nc2ccc(Nc3cc(N(CC)CC)nc(C)n3)cc2)cc1. The van der Waals surface area contributed by atoms with Crippen LogP contribution in [0.15, 0.2) is 54.6 Å². The van der Waals surface area contributed by atoms with Crippen molar-refractivity contribution in [1.29, 1.82) is 0 Å². The van der Waals surface area contributed by atoms with Crippen LogP contribution in [0.2, 0.25) is 0 Å². The van der Waals surface area contributed by atoms with Crippen molar-refractivity contribution in [3.8, 4) is 0 Å². The van der Waals surface area contributed by atoms with E-state index in [2.05, 4.69) is 46.3 Å². The number of hydrogen-bond donors (Lipinski definition) is 2. The van der Waals surface area contributed by atoms with Crippen LogP contribution in [0, 0.1) is 6.92 Å². The molecule has 6 heteroatoms. The first-order valence-electron chi connectivity index (χ1n) is 10.4. The Hall–Kier alpha value is -3.41. The molecule has 2 N–H and O–H groups in total. The predicted octanol–water partition coefficient (Wildman–Crippen LogP) is 5.19. The van der Waals surface area contributed by atoms with Crippen LogP contribution in [0.4, 0.5) is 23.0 Å². The molecule has 0 aliphatic rings. The Balaban J connectivity index is 1.68. The van der Waals surface area contributed by atoms with Gasteiger partial charge in [0.25, 0.3) is 5.91 Å². The van der Waals surface area contributed by atoms with Gasteiger partial charge in [-0.1, -0.05) is 19.1 Å². The molecule has 0 saturated carbocycles. The molecule has 3 aromatic rings. The molecule has 0 unspecified atom stereocenters. The van der Waals surface area contributed by atoms with E-state index >= 15 is 0 Å². The van der Waals surface area contributed by atoms with Gasteiger partial charge >= 0.3 is 0 Å². The summed E-state index contributed by atoms with van der Waals surface area (Å²) in [5.41, 5.74) is 3.50. The molecule has 0 saturated heterocycles. The van der Waals surface area contributed by atoms with Gasteiger partial charge in [0.1, 0.15) is 17.5 Å². The van der Waals surface area contributed by atoms with Crippen molar-refractivity contribution in [2.24, 2.45) is 0 Å². The Morgan fingerprint density at radius 2 is 1.53 bits per heavy atom. The van der Waals surface area contributed by atoms with Crippen molar-refractivity contribution in [1.82, 2.24) is 9.97 Å². The highest BCUT2D eigenvalue weighted by Crippen LogP contribution is 2.21. The standard InChI is InChI=1S/C24H29N5O/c1-5-18-8-10-19(11-9-18)24(30)28-21-14-12-20(13-15-21)27-22-16-23(26-17(4)25-22)29(6-2)7-3/h8-16H,5-7H2,1-4H3,(H,28,30)(H,25,26,27). The van der Waals surface area contributed by atoms with Gasteiger partial charge in [-0.25, -0.2) is 9.97 Å². The van der Waals surface area contributed by atoms with E-state index in [0.717, 1.165) is 48.3 Å². The smallest absolute Gasteiger partial charge is 0.255 e. The summed E-state index contributed by atoms with van der Waals surface area (Å²) in [5, 5.41) is 6.26. The summed E-state index contributed by atoms with van der Waals surface area (Å²) < 4.78 is 0. The second kappa shape index (κ2) is 9.87. The third-order valence-corrected chi connectivity index (χ3v) is 4.95. The Bertz CT molecular complexity index is 979. The van der Waals surface area contributed by atoms with Crippen molar-refractivity contribution >= 4 is 28.9 Å². The van der Waals surface area contributed by atoms with Crippen LogP contribution in [0.3, 0.4) is 0 Å². The normalized spacial score (nSPS) is 10.5. The molecule has 156 valence electrons. The van der Waals surface area contributed by atoms with Gasteiger partial charge in [-0.3, -0.25) is 4.79 Å².